The molecule has 1 aliphatic rings. The molecule has 0 bridgehead atoms. The van der Waals surface area contributed by atoms with Crippen LogP contribution in [0.5, 0.6) is 0 Å². The molecule has 0 spiro atoms. The van der Waals surface area contributed by atoms with Crippen molar-refractivity contribution in [3.63, 3.8) is 0 Å². The number of halogens is 1. The minimum Gasteiger partial charge on any atom is -0.447 e. The standard InChI is InChI=1S/C12H15FN2O2/c1-12(6-7-14)8-17-11(16)15(12)10-5-3-2-4-9(10)13/h2-5H,6-8,14H2,1H3. The number of benzene rings is 1. The van der Waals surface area contributed by atoms with E-state index >= 15 is 0 Å². The van der Waals surface area contributed by atoms with Crippen LogP contribution in [0.4, 0.5) is 14.9 Å². The van der Waals surface area contributed by atoms with E-state index in [2.05, 4.69) is 0 Å². The molecule has 17 heavy (non-hydrogen) atoms. The summed E-state index contributed by atoms with van der Waals surface area (Å²) in [4.78, 5) is 13.1. The number of nitrogens with zero attached hydrogens (tertiary/aromatic N) is 1. The molecule has 0 aliphatic carbocycles. The van der Waals surface area contributed by atoms with Crippen LogP contribution < -0.4 is 10.6 Å². The Morgan fingerprint density at radius 1 is 1.53 bits per heavy atom. The van der Waals surface area contributed by atoms with E-state index in [9.17, 15) is 9.18 Å². The van der Waals surface area contributed by atoms with E-state index in [1.807, 2.05) is 6.92 Å². The quantitative estimate of drug-likeness (QED) is 0.874. The van der Waals surface area contributed by atoms with Crippen molar-refractivity contribution in [3.8, 4) is 0 Å². The summed E-state index contributed by atoms with van der Waals surface area (Å²) in [5.41, 5.74) is 5.20. The number of carbonyl (C=O) groups excluding carboxylic acids is 1. The van der Waals surface area contributed by atoms with Crippen LogP contribution in [0, 0.1) is 5.82 Å². The maximum absolute atomic E-state index is 13.7. The minimum atomic E-state index is -0.575. The van der Waals surface area contributed by atoms with E-state index in [-0.39, 0.29) is 12.3 Å². The Hall–Kier alpha value is -1.62. The van der Waals surface area contributed by atoms with E-state index in [0.29, 0.717) is 13.0 Å². The zero-order valence-electron chi connectivity index (χ0n) is 9.65. The number of amides is 1. The normalized spacial score (nSPS) is 23.9. The number of nitrogens with two attached hydrogens (primary N) is 1. The van der Waals surface area contributed by atoms with Gasteiger partial charge in [0.15, 0.2) is 0 Å². The van der Waals surface area contributed by atoms with Gasteiger partial charge in [0.25, 0.3) is 0 Å². The molecule has 1 aliphatic heterocycles. The van der Waals surface area contributed by atoms with Crippen LogP contribution in [-0.2, 0) is 4.74 Å². The summed E-state index contributed by atoms with van der Waals surface area (Å²) >= 11 is 0. The number of rotatable bonds is 3. The summed E-state index contributed by atoms with van der Waals surface area (Å²) < 4.78 is 18.7. The number of cyclic esters (lactones) is 1. The predicted molar refractivity (Wildman–Crippen MR) is 62.3 cm³/mol. The van der Waals surface area contributed by atoms with Crippen LogP contribution in [0.2, 0.25) is 0 Å². The molecule has 1 saturated heterocycles. The van der Waals surface area contributed by atoms with E-state index in [4.69, 9.17) is 10.5 Å². The zero-order chi connectivity index (χ0) is 12.5. The Morgan fingerprint density at radius 3 is 2.88 bits per heavy atom. The number of para-hydroxylation sites is 1. The van der Waals surface area contributed by atoms with E-state index in [1.54, 1.807) is 18.2 Å². The van der Waals surface area contributed by atoms with Gasteiger partial charge in [-0.2, -0.15) is 0 Å². The van der Waals surface area contributed by atoms with Crippen molar-refractivity contribution >= 4 is 11.8 Å². The lowest BCUT2D eigenvalue weighted by molar-refractivity contribution is 0.173. The zero-order valence-corrected chi connectivity index (χ0v) is 9.65. The van der Waals surface area contributed by atoms with Gasteiger partial charge in [-0.05, 0) is 32.0 Å². The average molecular weight is 238 g/mol. The third-order valence-electron chi connectivity index (χ3n) is 3.01. The van der Waals surface area contributed by atoms with Crippen LogP contribution in [0.25, 0.3) is 0 Å². The maximum Gasteiger partial charge on any atom is 0.415 e. The van der Waals surface area contributed by atoms with Gasteiger partial charge in [0.05, 0.1) is 11.2 Å². The molecule has 1 aromatic carbocycles. The Bertz CT molecular complexity index is 438. The van der Waals surface area contributed by atoms with Gasteiger partial charge in [0, 0.05) is 0 Å². The molecule has 1 heterocycles. The summed E-state index contributed by atoms with van der Waals surface area (Å²) in [5, 5.41) is 0. The lowest BCUT2D eigenvalue weighted by atomic mass is 9.97. The third kappa shape index (κ3) is 1.98. The average Bonchev–Trinajstić information content (AvgIpc) is 2.57. The van der Waals surface area contributed by atoms with Gasteiger partial charge in [0.1, 0.15) is 12.4 Å². The maximum atomic E-state index is 13.7. The van der Waals surface area contributed by atoms with Gasteiger partial charge >= 0.3 is 6.09 Å². The fraction of sp³-hybridized carbons (Fsp3) is 0.417. The summed E-state index contributed by atoms with van der Waals surface area (Å²) in [6.07, 6.45) is 0.0404. The SMILES string of the molecule is CC1(CCN)COC(=O)N1c1ccccc1F. The van der Waals surface area contributed by atoms with Gasteiger partial charge in [-0.3, -0.25) is 4.90 Å². The van der Waals surface area contributed by atoms with Gasteiger partial charge in [0.2, 0.25) is 0 Å². The molecule has 1 unspecified atom stereocenters. The number of hydrogen-bond donors (Lipinski definition) is 1. The molecule has 0 aromatic heterocycles. The fourth-order valence-corrected chi connectivity index (χ4v) is 2.08. The summed E-state index contributed by atoms with van der Waals surface area (Å²) in [6.45, 7) is 2.49. The van der Waals surface area contributed by atoms with Crippen molar-refractivity contribution < 1.29 is 13.9 Å². The first-order valence-corrected chi connectivity index (χ1v) is 5.50. The molecule has 2 N–H and O–H groups in total. The molecule has 1 aromatic rings. The summed E-state index contributed by atoms with van der Waals surface area (Å²) in [5.74, 6) is -0.436. The molecule has 1 fully saturated rings. The van der Waals surface area contributed by atoms with E-state index < -0.39 is 17.4 Å². The van der Waals surface area contributed by atoms with E-state index in [0.717, 1.165) is 0 Å². The molecule has 0 saturated carbocycles. The summed E-state index contributed by atoms with van der Waals surface area (Å²) in [7, 11) is 0. The van der Waals surface area contributed by atoms with Gasteiger partial charge in [-0.25, -0.2) is 9.18 Å². The molecule has 4 nitrogen and oxygen atoms in total. The Balaban J connectivity index is 2.41. The number of anilines is 1. The Kier molecular flexibility index (Phi) is 3.02. The predicted octanol–water partition coefficient (Wildman–Crippen LogP) is 1.89. The van der Waals surface area contributed by atoms with Crippen LogP contribution in [0.3, 0.4) is 0 Å². The van der Waals surface area contributed by atoms with Gasteiger partial charge < -0.3 is 10.5 Å². The second-order valence-electron chi connectivity index (χ2n) is 4.38. The van der Waals surface area contributed by atoms with Crippen molar-refractivity contribution in [2.45, 2.75) is 18.9 Å². The van der Waals surface area contributed by atoms with E-state index in [1.165, 1.54) is 11.0 Å². The van der Waals surface area contributed by atoms with Crippen LogP contribution in [0.1, 0.15) is 13.3 Å². The lowest BCUT2D eigenvalue weighted by Crippen LogP contribution is -2.46. The van der Waals surface area contributed by atoms with Gasteiger partial charge in [-0.15, -0.1) is 0 Å². The first-order chi connectivity index (χ1) is 8.08. The Labute approximate surface area is 99.2 Å². The topological polar surface area (TPSA) is 55.6 Å². The second kappa shape index (κ2) is 4.33. The largest absolute Gasteiger partial charge is 0.447 e. The smallest absolute Gasteiger partial charge is 0.415 e. The molecule has 1 amide bonds. The highest BCUT2D eigenvalue weighted by Gasteiger charge is 2.44. The summed E-state index contributed by atoms with van der Waals surface area (Å²) in [6, 6.07) is 6.16. The van der Waals surface area contributed by atoms with Crippen molar-refractivity contribution in [1.82, 2.24) is 0 Å². The van der Waals surface area contributed by atoms with Crippen LogP contribution in [-0.4, -0.2) is 24.8 Å². The number of carbonyl (C=O) groups is 1. The lowest BCUT2D eigenvalue weighted by Gasteiger charge is -2.31. The molecular formula is C12H15FN2O2. The second-order valence-corrected chi connectivity index (χ2v) is 4.38. The number of hydrogen-bond acceptors (Lipinski definition) is 3. The first kappa shape index (κ1) is 11.9. The fourth-order valence-electron chi connectivity index (χ4n) is 2.08. The molecular weight excluding hydrogens is 223 g/mol. The van der Waals surface area contributed by atoms with Crippen molar-refractivity contribution in [3.05, 3.63) is 30.1 Å². The molecule has 2 rings (SSSR count). The van der Waals surface area contributed by atoms with Gasteiger partial charge in [-0.1, -0.05) is 12.1 Å². The molecule has 92 valence electrons. The highest BCUT2D eigenvalue weighted by molar-refractivity contribution is 5.91. The molecule has 5 heteroatoms. The third-order valence-corrected chi connectivity index (χ3v) is 3.01. The molecule has 0 radical (unpaired) electrons. The molecule has 1 atom stereocenters. The van der Waals surface area contributed by atoms with Crippen molar-refractivity contribution in [2.75, 3.05) is 18.1 Å². The number of ether oxygens (including phenoxy) is 1. The Morgan fingerprint density at radius 2 is 2.24 bits per heavy atom. The van der Waals surface area contributed by atoms with Crippen molar-refractivity contribution in [2.24, 2.45) is 5.73 Å². The first-order valence-electron chi connectivity index (χ1n) is 5.50. The van der Waals surface area contributed by atoms with Crippen molar-refractivity contribution in [1.29, 1.82) is 0 Å². The van der Waals surface area contributed by atoms with Crippen LogP contribution in [0.15, 0.2) is 24.3 Å². The highest BCUT2D eigenvalue weighted by atomic mass is 19.1. The minimum absolute atomic E-state index is 0.233. The highest BCUT2D eigenvalue weighted by Crippen LogP contribution is 2.34. The van der Waals surface area contributed by atoms with Crippen LogP contribution >= 0.6 is 0 Å². The monoisotopic (exact) mass is 238 g/mol.